The minimum atomic E-state index is -0.282. The van der Waals surface area contributed by atoms with Gasteiger partial charge in [-0.25, -0.2) is 0 Å². The maximum absolute atomic E-state index is 12.3. The highest BCUT2D eigenvalue weighted by Crippen LogP contribution is 2.22. The summed E-state index contributed by atoms with van der Waals surface area (Å²) in [6.45, 7) is 2.44. The molecule has 112 valence electrons. The maximum atomic E-state index is 12.3. The fourth-order valence-corrected chi connectivity index (χ4v) is 2.79. The number of carbonyl (C=O) groups is 1. The maximum Gasteiger partial charge on any atom is 0.252 e. The molecule has 2 aromatic rings. The molecule has 0 unspecified atom stereocenters. The van der Waals surface area contributed by atoms with Crippen LogP contribution in [-0.2, 0) is 4.74 Å². The number of furan rings is 1. The first-order chi connectivity index (χ1) is 10.3. The molecule has 1 atom stereocenters. The number of methoxy groups -OCH3 is 1. The summed E-state index contributed by atoms with van der Waals surface area (Å²) in [4.78, 5) is 13.3. The van der Waals surface area contributed by atoms with Crippen LogP contribution < -0.4 is 5.32 Å². The monoisotopic (exact) mass is 305 g/mol. The molecule has 0 aliphatic carbocycles. The normalized spacial score (nSPS) is 12.1. The van der Waals surface area contributed by atoms with Crippen molar-refractivity contribution in [1.29, 1.82) is 0 Å². The van der Waals surface area contributed by atoms with Crippen molar-refractivity contribution >= 4 is 17.7 Å². The molecule has 0 aliphatic heterocycles. The lowest BCUT2D eigenvalue weighted by atomic mass is 10.2. The average molecular weight is 305 g/mol. The summed E-state index contributed by atoms with van der Waals surface area (Å²) in [7, 11) is 1.60. The van der Waals surface area contributed by atoms with Gasteiger partial charge in [-0.2, -0.15) is 0 Å². The molecular weight excluding hydrogens is 286 g/mol. The van der Waals surface area contributed by atoms with Gasteiger partial charge >= 0.3 is 0 Å². The second-order valence-electron chi connectivity index (χ2n) is 4.38. The van der Waals surface area contributed by atoms with Crippen LogP contribution in [0.3, 0.4) is 0 Å². The van der Waals surface area contributed by atoms with Crippen molar-refractivity contribution in [3.05, 3.63) is 54.0 Å². The van der Waals surface area contributed by atoms with Gasteiger partial charge in [0.2, 0.25) is 0 Å². The Morgan fingerprint density at radius 1 is 1.33 bits per heavy atom. The van der Waals surface area contributed by atoms with Crippen LogP contribution in [0.4, 0.5) is 0 Å². The van der Waals surface area contributed by atoms with Crippen molar-refractivity contribution in [3.8, 4) is 0 Å². The first-order valence-corrected chi connectivity index (χ1v) is 7.81. The minimum Gasteiger partial charge on any atom is -0.467 e. The molecule has 1 aromatic carbocycles. The topological polar surface area (TPSA) is 51.5 Å². The van der Waals surface area contributed by atoms with Crippen molar-refractivity contribution in [3.63, 3.8) is 0 Å². The Morgan fingerprint density at radius 3 is 2.81 bits per heavy atom. The van der Waals surface area contributed by atoms with Crippen LogP contribution in [0.1, 0.15) is 29.1 Å². The van der Waals surface area contributed by atoms with E-state index in [1.807, 2.05) is 30.3 Å². The number of ether oxygens (including phenoxy) is 1. The van der Waals surface area contributed by atoms with E-state index in [1.165, 1.54) is 0 Å². The number of amides is 1. The summed E-state index contributed by atoms with van der Waals surface area (Å²) in [6.07, 6.45) is 1.31. The van der Waals surface area contributed by atoms with Gasteiger partial charge in [0.1, 0.15) is 11.9 Å². The first kappa shape index (κ1) is 15.7. The van der Waals surface area contributed by atoms with Crippen molar-refractivity contribution in [2.45, 2.75) is 17.9 Å². The molecule has 0 saturated carbocycles. The third-order valence-corrected chi connectivity index (χ3v) is 3.98. The molecule has 0 aliphatic rings. The summed E-state index contributed by atoms with van der Waals surface area (Å²) in [6, 6.07) is 11.2. The largest absolute Gasteiger partial charge is 0.467 e. The second kappa shape index (κ2) is 7.90. The third kappa shape index (κ3) is 4.12. The summed E-state index contributed by atoms with van der Waals surface area (Å²) < 4.78 is 10.7. The standard InChI is InChI=1S/C16H19NO3S/c1-3-21-15-9-5-4-7-12(15)16(18)17-11-14(19-2)13-8-6-10-20-13/h4-10,14H,3,11H2,1-2H3,(H,17,18)/t14-/m1/s1. The van der Waals surface area contributed by atoms with E-state index in [9.17, 15) is 4.79 Å². The molecule has 1 amide bonds. The van der Waals surface area contributed by atoms with E-state index in [0.29, 0.717) is 17.9 Å². The zero-order valence-corrected chi connectivity index (χ0v) is 13.0. The summed E-state index contributed by atoms with van der Waals surface area (Å²) in [5, 5.41) is 2.90. The molecule has 1 N–H and O–H groups in total. The fraction of sp³-hybridized carbons (Fsp3) is 0.312. The van der Waals surface area contributed by atoms with E-state index in [-0.39, 0.29) is 12.0 Å². The number of hydrogen-bond acceptors (Lipinski definition) is 4. The summed E-state index contributed by atoms with van der Waals surface area (Å²) in [5.74, 6) is 1.53. The van der Waals surface area contributed by atoms with Crippen molar-refractivity contribution in [1.82, 2.24) is 5.32 Å². The molecular formula is C16H19NO3S. The lowest BCUT2D eigenvalue weighted by Gasteiger charge is -2.14. The zero-order valence-electron chi connectivity index (χ0n) is 12.2. The summed E-state index contributed by atoms with van der Waals surface area (Å²) in [5.41, 5.74) is 0.693. The van der Waals surface area contributed by atoms with Gasteiger partial charge in [0.25, 0.3) is 5.91 Å². The van der Waals surface area contributed by atoms with Crippen LogP contribution in [0.25, 0.3) is 0 Å². The van der Waals surface area contributed by atoms with Crippen LogP contribution in [0.2, 0.25) is 0 Å². The van der Waals surface area contributed by atoms with Gasteiger partial charge in [0.05, 0.1) is 18.4 Å². The van der Waals surface area contributed by atoms with Crippen LogP contribution in [-0.4, -0.2) is 25.3 Å². The highest BCUT2D eigenvalue weighted by Gasteiger charge is 2.16. The molecule has 1 aromatic heterocycles. The Labute approximate surface area is 128 Å². The SMILES string of the molecule is CCSc1ccccc1C(=O)NC[C@@H](OC)c1ccco1. The Bertz CT molecular complexity index is 569. The highest BCUT2D eigenvalue weighted by atomic mass is 32.2. The Hall–Kier alpha value is -1.72. The zero-order chi connectivity index (χ0) is 15.1. The van der Waals surface area contributed by atoms with Gasteiger partial charge in [0.15, 0.2) is 0 Å². The fourth-order valence-electron chi connectivity index (χ4n) is 1.99. The number of thioether (sulfide) groups is 1. The van der Waals surface area contributed by atoms with Crippen LogP contribution in [0.5, 0.6) is 0 Å². The quantitative estimate of drug-likeness (QED) is 0.795. The minimum absolute atomic E-state index is 0.0971. The van der Waals surface area contributed by atoms with Crippen LogP contribution in [0, 0.1) is 0 Å². The van der Waals surface area contributed by atoms with Crippen molar-refractivity contribution in [2.75, 3.05) is 19.4 Å². The molecule has 21 heavy (non-hydrogen) atoms. The highest BCUT2D eigenvalue weighted by molar-refractivity contribution is 7.99. The van der Waals surface area contributed by atoms with E-state index in [1.54, 1.807) is 31.2 Å². The predicted octanol–water partition coefficient (Wildman–Crippen LogP) is 3.51. The molecule has 0 radical (unpaired) electrons. The molecule has 4 nitrogen and oxygen atoms in total. The molecule has 1 heterocycles. The van der Waals surface area contributed by atoms with Crippen molar-refractivity contribution < 1.29 is 13.9 Å². The van der Waals surface area contributed by atoms with E-state index in [4.69, 9.17) is 9.15 Å². The molecule has 0 saturated heterocycles. The lowest BCUT2D eigenvalue weighted by Crippen LogP contribution is -2.29. The van der Waals surface area contributed by atoms with E-state index < -0.39 is 0 Å². The van der Waals surface area contributed by atoms with Gasteiger partial charge in [-0.3, -0.25) is 4.79 Å². The molecule has 2 rings (SSSR count). The van der Waals surface area contributed by atoms with Crippen molar-refractivity contribution in [2.24, 2.45) is 0 Å². The number of rotatable bonds is 7. The van der Waals surface area contributed by atoms with Gasteiger partial charge in [0, 0.05) is 12.0 Å². The van der Waals surface area contributed by atoms with Crippen LogP contribution >= 0.6 is 11.8 Å². The third-order valence-electron chi connectivity index (χ3n) is 3.02. The molecule has 0 fully saturated rings. The number of carbonyl (C=O) groups excluding carboxylic acids is 1. The van der Waals surface area contributed by atoms with E-state index in [0.717, 1.165) is 10.6 Å². The molecule has 0 bridgehead atoms. The van der Waals surface area contributed by atoms with Gasteiger partial charge in [-0.1, -0.05) is 19.1 Å². The second-order valence-corrected chi connectivity index (χ2v) is 5.68. The van der Waals surface area contributed by atoms with Gasteiger partial charge < -0.3 is 14.5 Å². The van der Waals surface area contributed by atoms with E-state index in [2.05, 4.69) is 12.2 Å². The molecule has 0 spiro atoms. The summed E-state index contributed by atoms with van der Waals surface area (Å²) >= 11 is 1.66. The van der Waals surface area contributed by atoms with E-state index >= 15 is 0 Å². The average Bonchev–Trinajstić information content (AvgIpc) is 3.03. The number of hydrogen-bond donors (Lipinski definition) is 1. The Kier molecular flexibility index (Phi) is 5.90. The number of nitrogens with one attached hydrogen (secondary N) is 1. The Morgan fingerprint density at radius 2 is 2.14 bits per heavy atom. The van der Waals surface area contributed by atoms with Crippen LogP contribution in [0.15, 0.2) is 52.0 Å². The smallest absolute Gasteiger partial charge is 0.252 e. The lowest BCUT2D eigenvalue weighted by molar-refractivity contribution is 0.0737. The predicted molar refractivity (Wildman–Crippen MR) is 83.6 cm³/mol. The van der Waals surface area contributed by atoms with Gasteiger partial charge in [-0.15, -0.1) is 11.8 Å². The Balaban J connectivity index is 2.01. The molecule has 5 heteroatoms. The van der Waals surface area contributed by atoms with Gasteiger partial charge in [-0.05, 0) is 30.0 Å². The first-order valence-electron chi connectivity index (χ1n) is 6.82. The number of benzene rings is 1.